The van der Waals surface area contributed by atoms with Gasteiger partial charge < -0.3 is 10.1 Å². The van der Waals surface area contributed by atoms with Gasteiger partial charge in [-0.15, -0.1) is 5.10 Å². The van der Waals surface area contributed by atoms with E-state index in [-0.39, 0.29) is 0 Å². The van der Waals surface area contributed by atoms with Crippen LogP contribution >= 0.6 is 0 Å². The number of ether oxygens (including phenoxy) is 1. The van der Waals surface area contributed by atoms with Gasteiger partial charge in [-0.3, -0.25) is 0 Å². The molecule has 3 heterocycles. The van der Waals surface area contributed by atoms with E-state index in [9.17, 15) is 0 Å². The minimum absolute atomic E-state index is 0.641. The van der Waals surface area contributed by atoms with Crippen LogP contribution in [0.25, 0.3) is 16.7 Å². The van der Waals surface area contributed by atoms with Crippen LogP contribution in [0.2, 0.25) is 0 Å². The van der Waals surface area contributed by atoms with Gasteiger partial charge in [-0.1, -0.05) is 6.92 Å². The summed E-state index contributed by atoms with van der Waals surface area (Å²) in [7, 11) is 1.69. The van der Waals surface area contributed by atoms with Crippen LogP contribution in [0.5, 0.6) is 0 Å². The predicted molar refractivity (Wildman–Crippen MR) is 87.5 cm³/mol. The molecule has 3 rings (SSSR count). The zero-order chi connectivity index (χ0) is 15.7. The lowest BCUT2D eigenvalue weighted by molar-refractivity contribution is 0.210. The Bertz CT molecular complexity index is 824. The Kier molecular flexibility index (Phi) is 3.94. The second kappa shape index (κ2) is 5.88. The Labute approximate surface area is 129 Å². The zero-order valence-electron chi connectivity index (χ0n) is 13.5. The number of rotatable bonds is 5. The maximum Gasteiger partial charge on any atom is 0.184 e. The quantitative estimate of drug-likeness (QED) is 0.733. The highest BCUT2D eigenvalue weighted by atomic mass is 16.5. The molecule has 0 spiro atoms. The summed E-state index contributed by atoms with van der Waals surface area (Å²) >= 11 is 0. The van der Waals surface area contributed by atoms with Crippen LogP contribution in [0, 0.1) is 13.8 Å². The van der Waals surface area contributed by atoms with E-state index in [2.05, 4.69) is 35.3 Å². The molecule has 3 aromatic heterocycles. The van der Waals surface area contributed by atoms with E-state index >= 15 is 0 Å². The summed E-state index contributed by atoms with van der Waals surface area (Å²) in [6.45, 7) is 7.53. The Morgan fingerprint density at radius 2 is 2.05 bits per heavy atom. The van der Waals surface area contributed by atoms with Gasteiger partial charge in [0.1, 0.15) is 5.82 Å². The Balaban J connectivity index is 2.24. The van der Waals surface area contributed by atoms with E-state index in [4.69, 9.17) is 9.72 Å². The van der Waals surface area contributed by atoms with Crippen molar-refractivity contribution < 1.29 is 4.74 Å². The Morgan fingerprint density at radius 1 is 1.23 bits per heavy atom. The topological polar surface area (TPSA) is 64.3 Å². The van der Waals surface area contributed by atoms with Crippen LogP contribution in [0.4, 0.5) is 5.82 Å². The van der Waals surface area contributed by atoms with E-state index in [1.54, 1.807) is 7.11 Å². The fraction of sp³-hybridized carbons (Fsp3) is 0.438. The van der Waals surface area contributed by atoms with E-state index in [0.29, 0.717) is 6.61 Å². The summed E-state index contributed by atoms with van der Waals surface area (Å²) in [5.41, 5.74) is 4.76. The van der Waals surface area contributed by atoms with Gasteiger partial charge in [-0.25, -0.2) is 9.97 Å². The largest absolute Gasteiger partial charge is 0.383 e. The molecule has 0 fully saturated rings. The van der Waals surface area contributed by atoms with E-state index in [0.717, 1.165) is 52.4 Å². The molecule has 0 saturated carbocycles. The summed E-state index contributed by atoms with van der Waals surface area (Å²) in [6.07, 6.45) is 0.875. The average molecular weight is 299 g/mol. The molecule has 0 aliphatic carbocycles. The molecule has 116 valence electrons. The van der Waals surface area contributed by atoms with Crippen molar-refractivity contribution in [2.24, 2.45) is 0 Å². The molecule has 0 radical (unpaired) electrons. The Morgan fingerprint density at radius 3 is 2.77 bits per heavy atom. The molecule has 0 bridgehead atoms. The van der Waals surface area contributed by atoms with Gasteiger partial charge in [0.25, 0.3) is 0 Å². The van der Waals surface area contributed by atoms with Crippen molar-refractivity contribution in [1.82, 2.24) is 19.6 Å². The fourth-order valence-corrected chi connectivity index (χ4v) is 2.66. The molecule has 0 atom stereocenters. The van der Waals surface area contributed by atoms with Gasteiger partial charge in [0.2, 0.25) is 0 Å². The number of aromatic nitrogens is 4. The fourth-order valence-electron chi connectivity index (χ4n) is 2.66. The number of anilines is 1. The first-order valence-electron chi connectivity index (χ1n) is 7.53. The molecule has 0 unspecified atom stereocenters. The van der Waals surface area contributed by atoms with Gasteiger partial charge in [0.05, 0.1) is 12.0 Å². The third-order valence-corrected chi connectivity index (χ3v) is 3.70. The van der Waals surface area contributed by atoms with Crippen molar-refractivity contribution in [3.63, 3.8) is 0 Å². The minimum Gasteiger partial charge on any atom is -0.383 e. The molecule has 0 amide bonds. The number of hydrogen-bond acceptors (Lipinski definition) is 5. The first kappa shape index (κ1) is 14.7. The first-order valence-corrected chi connectivity index (χ1v) is 7.53. The molecule has 0 saturated heterocycles. The van der Waals surface area contributed by atoms with E-state index < -0.39 is 0 Å². The van der Waals surface area contributed by atoms with Crippen molar-refractivity contribution in [3.8, 4) is 0 Å². The van der Waals surface area contributed by atoms with Crippen molar-refractivity contribution in [3.05, 3.63) is 29.1 Å². The number of aryl methyl sites for hydroxylation is 3. The number of methoxy groups -OCH3 is 1. The average Bonchev–Trinajstić information content (AvgIpc) is 2.85. The van der Waals surface area contributed by atoms with Crippen molar-refractivity contribution >= 4 is 22.5 Å². The monoisotopic (exact) mass is 299 g/mol. The SMILES string of the molecule is CCc1cc(NCCOC)n2nc3nc(C)cc(C)c3c2n1. The van der Waals surface area contributed by atoms with Crippen LogP contribution in [0.3, 0.4) is 0 Å². The van der Waals surface area contributed by atoms with E-state index in [1.165, 1.54) is 0 Å². The number of nitrogens with one attached hydrogen (secondary N) is 1. The van der Waals surface area contributed by atoms with Crippen LogP contribution < -0.4 is 5.32 Å². The number of nitrogens with zero attached hydrogens (tertiary/aromatic N) is 4. The van der Waals surface area contributed by atoms with Crippen molar-refractivity contribution in [2.45, 2.75) is 27.2 Å². The zero-order valence-corrected chi connectivity index (χ0v) is 13.5. The number of pyridine rings is 1. The molecule has 0 aliphatic heterocycles. The van der Waals surface area contributed by atoms with Gasteiger partial charge in [0.15, 0.2) is 11.3 Å². The molecule has 0 aliphatic rings. The summed E-state index contributed by atoms with van der Waals surface area (Å²) in [6, 6.07) is 4.11. The lowest BCUT2D eigenvalue weighted by Crippen LogP contribution is -2.12. The second-order valence-electron chi connectivity index (χ2n) is 5.42. The van der Waals surface area contributed by atoms with Crippen LogP contribution in [-0.2, 0) is 11.2 Å². The van der Waals surface area contributed by atoms with Crippen LogP contribution in [0.1, 0.15) is 23.9 Å². The van der Waals surface area contributed by atoms with Gasteiger partial charge in [-0.2, -0.15) is 4.52 Å². The number of fused-ring (bicyclic) bond motifs is 3. The van der Waals surface area contributed by atoms with Crippen molar-refractivity contribution in [2.75, 3.05) is 25.6 Å². The molecule has 22 heavy (non-hydrogen) atoms. The lowest BCUT2D eigenvalue weighted by atomic mass is 10.2. The summed E-state index contributed by atoms with van der Waals surface area (Å²) in [5.74, 6) is 0.925. The maximum absolute atomic E-state index is 5.11. The lowest BCUT2D eigenvalue weighted by Gasteiger charge is -2.09. The standard InChI is InChI=1S/C16H21N5O/c1-5-12-9-13(17-6-7-22-4)21-16(19-12)14-10(2)8-11(3)18-15(14)20-21/h8-9,17H,5-7H2,1-4H3. The third-order valence-electron chi connectivity index (χ3n) is 3.70. The Hall–Kier alpha value is -2.21. The highest BCUT2D eigenvalue weighted by molar-refractivity contribution is 5.93. The smallest absolute Gasteiger partial charge is 0.184 e. The van der Waals surface area contributed by atoms with E-state index in [1.807, 2.05) is 17.5 Å². The summed E-state index contributed by atoms with van der Waals surface area (Å²) in [5, 5.41) is 9.02. The maximum atomic E-state index is 5.11. The molecule has 3 aromatic rings. The molecule has 0 aromatic carbocycles. The first-order chi connectivity index (χ1) is 10.6. The van der Waals surface area contributed by atoms with Gasteiger partial charge in [0, 0.05) is 31.1 Å². The molecular weight excluding hydrogens is 278 g/mol. The van der Waals surface area contributed by atoms with Gasteiger partial charge in [-0.05, 0) is 31.9 Å². The second-order valence-corrected chi connectivity index (χ2v) is 5.42. The molecule has 1 N–H and O–H groups in total. The normalized spacial score (nSPS) is 11.5. The molecular formula is C16H21N5O. The van der Waals surface area contributed by atoms with Crippen molar-refractivity contribution in [1.29, 1.82) is 0 Å². The minimum atomic E-state index is 0.641. The highest BCUT2D eigenvalue weighted by Gasteiger charge is 2.14. The van der Waals surface area contributed by atoms with Gasteiger partial charge >= 0.3 is 0 Å². The summed E-state index contributed by atoms with van der Waals surface area (Å²) < 4.78 is 6.95. The van der Waals surface area contributed by atoms with Crippen LogP contribution in [0.15, 0.2) is 12.1 Å². The highest BCUT2D eigenvalue weighted by Crippen LogP contribution is 2.24. The number of hydrogen-bond donors (Lipinski definition) is 1. The summed E-state index contributed by atoms with van der Waals surface area (Å²) in [4.78, 5) is 9.29. The predicted octanol–water partition coefficient (Wildman–Crippen LogP) is 2.52. The molecule has 6 nitrogen and oxygen atoms in total. The van der Waals surface area contributed by atoms with Crippen LogP contribution in [-0.4, -0.2) is 39.8 Å². The molecule has 6 heteroatoms. The third kappa shape index (κ3) is 2.50.